The molecule has 27 heavy (non-hydrogen) atoms. The van der Waals surface area contributed by atoms with E-state index in [2.05, 4.69) is 15.3 Å². The molecule has 0 spiro atoms. The maximum atomic E-state index is 13.6. The molecule has 2 heterocycles. The lowest BCUT2D eigenvalue weighted by Crippen LogP contribution is -2.34. The minimum absolute atomic E-state index is 0.245. The van der Waals surface area contributed by atoms with Gasteiger partial charge in [0.1, 0.15) is 17.8 Å². The number of hydrogen-bond acceptors (Lipinski definition) is 4. The number of aliphatic hydroxyl groups is 1. The predicted octanol–water partition coefficient (Wildman–Crippen LogP) is 3.34. The van der Waals surface area contributed by atoms with Gasteiger partial charge < -0.3 is 5.11 Å². The third-order valence-corrected chi connectivity index (χ3v) is 5.13. The van der Waals surface area contributed by atoms with E-state index in [1.54, 1.807) is 42.6 Å². The second-order valence-electron chi connectivity index (χ2n) is 6.99. The van der Waals surface area contributed by atoms with E-state index in [0.29, 0.717) is 17.0 Å². The van der Waals surface area contributed by atoms with E-state index in [1.165, 1.54) is 0 Å². The summed E-state index contributed by atoms with van der Waals surface area (Å²) < 4.78 is 15.5. The molecule has 2 N–H and O–H groups in total. The number of imidazole rings is 1. The Bertz CT molecular complexity index is 955. The number of nitrogens with one attached hydrogen (secondary N) is 1. The van der Waals surface area contributed by atoms with Gasteiger partial charge in [-0.25, -0.2) is 14.4 Å². The number of hydrogen-bond donors (Lipinski definition) is 2. The largest absolute Gasteiger partial charge is 0.382 e. The number of pyridine rings is 1. The Morgan fingerprint density at radius 3 is 2.70 bits per heavy atom. The number of halogens is 1. The van der Waals surface area contributed by atoms with Crippen LogP contribution in [0.15, 0.2) is 48.7 Å². The Balaban J connectivity index is 1.59. The van der Waals surface area contributed by atoms with E-state index in [0.717, 1.165) is 24.9 Å². The van der Waals surface area contributed by atoms with Gasteiger partial charge in [-0.3, -0.25) is 14.7 Å². The monoisotopic (exact) mass is 368 g/mol. The molecule has 1 aromatic carbocycles. The van der Waals surface area contributed by atoms with Crippen LogP contribution < -0.4 is 5.32 Å². The van der Waals surface area contributed by atoms with Crippen molar-refractivity contribution in [3.63, 3.8) is 0 Å². The number of amides is 1. The highest BCUT2D eigenvalue weighted by molar-refractivity contribution is 5.91. The molecule has 1 saturated carbocycles. The van der Waals surface area contributed by atoms with Crippen molar-refractivity contribution in [3.05, 3.63) is 54.2 Å². The molecule has 1 fully saturated rings. The van der Waals surface area contributed by atoms with E-state index in [9.17, 15) is 14.3 Å². The maximum Gasteiger partial charge on any atom is 0.230 e. The lowest BCUT2D eigenvalue weighted by molar-refractivity contribution is -0.122. The van der Waals surface area contributed by atoms with Crippen molar-refractivity contribution in [2.45, 2.75) is 37.3 Å². The minimum Gasteiger partial charge on any atom is -0.382 e. The van der Waals surface area contributed by atoms with Crippen molar-refractivity contribution in [3.8, 4) is 0 Å². The molecular weight excluding hydrogens is 347 g/mol. The average molecular weight is 368 g/mol. The number of nitrogens with zero attached hydrogens (tertiary/aromatic N) is 3. The molecule has 0 aliphatic heterocycles. The summed E-state index contributed by atoms with van der Waals surface area (Å²) >= 11 is 0. The van der Waals surface area contributed by atoms with Gasteiger partial charge in [0.05, 0.1) is 6.42 Å². The highest BCUT2D eigenvalue weighted by Crippen LogP contribution is 2.36. The first-order valence-electron chi connectivity index (χ1n) is 9.07. The lowest BCUT2D eigenvalue weighted by Gasteiger charge is -2.29. The second-order valence-corrected chi connectivity index (χ2v) is 6.99. The number of aromatic nitrogens is 3. The SMILES string of the molecule is O=C(CC(O)(CF)c1ccccc1)Nc1nc2cccnc2n1C1CCC1. The number of rotatable bonds is 6. The first-order chi connectivity index (χ1) is 13.1. The molecule has 6 nitrogen and oxygen atoms in total. The summed E-state index contributed by atoms with van der Waals surface area (Å²) in [5.41, 5.74) is -0.0710. The summed E-state index contributed by atoms with van der Waals surface area (Å²) in [5, 5.41) is 13.4. The summed E-state index contributed by atoms with van der Waals surface area (Å²) in [6.45, 7) is -1.05. The molecule has 4 rings (SSSR count). The number of anilines is 1. The molecule has 1 aliphatic rings. The Labute approximate surface area is 156 Å². The van der Waals surface area contributed by atoms with Crippen LogP contribution in [0.2, 0.25) is 0 Å². The van der Waals surface area contributed by atoms with Crippen LogP contribution >= 0.6 is 0 Å². The van der Waals surface area contributed by atoms with Crippen molar-refractivity contribution >= 4 is 23.0 Å². The minimum atomic E-state index is -1.86. The molecule has 0 saturated heterocycles. The molecule has 3 aromatic rings. The quantitative estimate of drug-likeness (QED) is 0.699. The van der Waals surface area contributed by atoms with Crippen LogP contribution in [-0.2, 0) is 10.4 Å². The zero-order valence-electron chi connectivity index (χ0n) is 14.8. The van der Waals surface area contributed by atoms with Crippen molar-refractivity contribution in [2.75, 3.05) is 12.0 Å². The third kappa shape index (κ3) is 3.30. The van der Waals surface area contributed by atoms with Crippen LogP contribution in [0, 0.1) is 0 Å². The normalized spacial score (nSPS) is 16.7. The van der Waals surface area contributed by atoms with E-state index >= 15 is 0 Å². The van der Waals surface area contributed by atoms with Gasteiger partial charge in [0.2, 0.25) is 11.9 Å². The second kappa shape index (κ2) is 7.08. The Hall–Kier alpha value is -2.80. The third-order valence-electron chi connectivity index (χ3n) is 5.13. The first-order valence-corrected chi connectivity index (χ1v) is 9.07. The van der Waals surface area contributed by atoms with Gasteiger partial charge in [-0.1, -0.05) is 30.3 Å². The van der Waals surface area contributed by atoms with Crippen LogP contribution in [-0.4, -0.2) is 32.2 Å². The highest BCUT2D eigenvalue weighted by atomic mass is 19.1. The van der Waals surface area contributed by atoms with Gasteiger partial charge in [0.25, 0.3) is 0 Å². The van der Waals surface area contributed by atoms with E-state index in [1.807, 2.05) is 10.6 Å². The van der Waals surface area contributed by atoms with Crippen LogP contribution in [0.3, 0.4) is 0 Å². The number of alkyl halides is 1. The Kier molecular flexibility index (Phi) is 4.61. The number of fused-ring (bicyclic) bond motifs is 1. The highest BCUT2D eigenvalue weighted by Gasteiger charge is 2.33. The molecule has 0 bridgehead atoms. The van der Waals surface area contributed by atoms with Crippen LogP contribution in [0.25, 0.3) is 11.2 Å². The summed E-state index contributed by atoms with van der Waals surface area (Å²) in [5.74, 6) is -0.0949. The fourth-order valence-corrected chi connectivity index (χ4v) is 3.42. The molecule has 1 atom stereocenters. The van der Waals surface area contributed by atoms with Gasteiger partial charge in [-0.15, -0.1) is 0 Å². The number of carbonyl (C=O) groups excluding carboxylic acids is 1. The van der Waals surface area contributed by atoms with Crippen molar-refractivity contribution in [1.82, 2.24) is 14.5 Å². The van der Waals surface area contributed by atoms with E-state index in [4.69, 9.17) is 0 Å². The van der Waals surface area contributed by atoms with Gasteiger partial charge in [-0.2, -0.15) is 0 Å². The van der Waals surface area contributed by atoms with Crippen molar-refractivity contribution < 1.29 is 14.3 Å². The molecular formula is C20H21FN4O2. The average Bonchev–Trinajstić information content (AvgIpc) is 2.99. The van der Waals surface area contributed by atoms with Crippen molar-refractivity contribution in [2.24, 2.45) is 0 Å². The smallest absolute Gasteiger partial charge is 0.230 e. The van der Waals surface area contributed by atoms with Crippen LogP contribution in [0.4, 0.5) is 10.3 Å². The number of benzene rings is 1. The zero-order valence-corrected chi connectivity index (χ0v) is 14.8. The van der Waals surface area contributed by atoms with Gasteiger partial charge in [0.15, 0.2) is 5.65 Å². The summed E-state index contributed by atoms with van der Waals surface area (Å²) in [6.07, 6.45) is 4.43. The first kappa shape index (κ1) is 17.6. The molecule has 1 unspecified atom stereocenters. The van der Waals surface area contributed by atoms with Crippen LogP contribution in [0.1, 0.15) is 37.3 Å². The van der Waals surface area contributed by atoms with Gasteiger partial charge >= 0.3 is 0 Å². The lowest BCUT2D eigenvalue weighted by atomic mass is 9.91. The Morgan fingerprint density at radius 2 is 2.04 bits per heavy atom. The van der Waals surface area contributed by atoms with Gasteiger partial charge in [-0.05, 0) is 37.0 Å². The molecule has 2 aromatic heterocycles. The topological polar surface area (TPSA) is 80.0 Å². The molecule has 7 heteroatoms. The molecule has 1 aliphatic carbocycles. The molecule has 0 radical (unpaired) electrons. The van der Waals surface area contributed by atoms with E-state index < -0.39 is 24.6 Å². The fourth-order valence-electron chi connectivity index (χ4n) is 3.42. The summed E-state index contributed by atoms with van der Waals surface area (Å²) in [7, 11) is 0. The fraction of sp³-hybridized carbons (Fsp3) is 0.350. The van der Waals surface area contributed by atoms with Crippen LogP contribution in [0.5, 0.6) is 0 Å². The van der Waals surface area contributed by atoms with Crippen molar-refractivity contribution in [1.29, 1.82) is 0 Å². The molecule has 140 valence electrons. The zero-order chi connectivity index (χ0) is 18.9. The number of carbonyl (C=O) groups is 1. The predicted molar refractivity (Wildman–Crippen MR) is 100.0 cm³/mol. The Morgan fingerprint density at radius 1 is 1.26 bits per heavy atom. The van der Waals surface area contributed by atoms with E-state index in [-0.39, 0.29) is 6.04 Å². The van der Waals surface area contributed by atoms with Gasteiger partial charge in [0, 0.05) is 12.2 Å². The maximum absolute atomic E-state index is 13.6. The summed E-state index contributed by atoms with van der Waals surface area (Å²) in [6, 6.07) is 12.3. The standard InChI is InChI=1S/C20H21FN4O2/c21-13-20(27,14-6-2-1-3-7-14)12-17(26)24-19-23-16-10-5-11-22-18(16)25(19)15-8-4-9-15/h1-3,5-7,10-11,15,27H,4,8-9,12-13H2,(H,23,24,26). The molecule has 1 amide bonds. The summed E-state index contributed by atoms with van der Waals surface area (Å²) in [4.78, 5) is 21.5.